The molecule has 96 valence electrons. The zero-order chi connectivity index (χ0) is 13.0. The molecule has 2 aromatic rings. The van der Waals surface area contributed by atoms with Crippen molar-refractivity contribution in [3.05, 3.63) is 41.0 Å². The summed E-state index contributed by atoms with van der Waals surface area (Å²) >= 11 is 1.79. The Balaban J connectivity index is 2.30. The minimum atomic E-state index is 0.226. The molecule has 18 heavy (non-hydrogen) atoms. The molecule has 1 aromatic carbocycles. The van der Waals surface area contributed by atoms with Crippen LogP contribution in [0.5, 0.6) is 0 Å². The molecule has 0 amide bonds. The number of hydrogen-bond acceptors (Lipinski definition) is 3. The third kappa shape index (κ3) is 2.98. The van der Waals surface area contributed by atoms with E-state index in [1.165, 1.54) is 21.1 Å². The van der Waals surface area contributed by atoms with Gasteiger partial charge in [-0.3, -0.25) is 0 Å². The lowest BCUT2D eigenvalue weighted by atomic mass is 10.1. The summed E-state index contributed by atoms with van der Waals surface area (Å²) in [5.74, 6) is 0. The second kappa shape index (κ2) is 6.12. The second-order valence-corrected chi connectivity index (χ2v) is 5.56. The first-order chi connectivity index (χ1) is 8.74. The first kappa shape index (κ1) is 13.2. The van der Waals surface area contributed by atoms with E-state index < -0.39 is 0 Å². The highest BCUT2D eigenvalue weighted by Crippen LogP contribution is 2.31. The Morgan fingerprint density at radius 2 is 1.94 bits per heavy atom. The summed E-state index contributed by atoms with van der Waals surface area (Å²) in [4.78, 5) is 6.03. The molecule has 0 bridgehead atoms. The van der Waals surface area contributed by atoms with Crippen LogP contribution >= 0.6 is 11.3 Å². The number of nitrogens with zero attached hydrogens (tertiary/aromatic N) is 1. The standard InChI is InChI=1S/C15H20N2S/c1-3-12(16)10-14-17-13(4-2)15(18-14)11-8-6-5-7-9-11/h5-9,12H,3-4,10,16H2,1-2H3. The average Bonchev–Trinajstić information content (AvgIpc) is 2.82. The Bertz CT molecular complexity index is 490. The molecule has 3 heteroatoms. The van der Waals surface area contributed by atoms with Gasteiger partial charge in [-0.15, -0.1) is 11.3 Å². The number of hydrogen-bond donors (Lipinski definition) is 1. The molecule has 1 aromatic heterocycles. The molecule has 0 saturated carbocycles. The minimum absolute atomic E-state index is 0.226. The molecule has 0 radical (unpaired) electrons. The monoisotopic (exact) mass is 260 g/mol. The number of aromatic nitrogens is 1. The fourth-order valence-corrected chi connectivity index (χ4v) is 3.16. The molecule has 1 atom stereocenters. The van der Waals surface area contributed by atoms with Crippen LogP contribution in [-0.4, -0.2) is 11.0 Å². The SMILES string of the molecule is CCc1nc(CC(N)CC)sc1-c1ccccc1. The van der Waals surface area contributed by atoms with Gasteiger partial charge in [-0.25, -0.2) is 4.98 Å². The van der Waals surface area contributed by atoms with E-state index in [1.807, 2.05) is 6.07 Å². The summed E-state index contributed by atoms with van der Waals surface area (Å²) in [6, 6.07) is 10.7. The summed E-state index contributed by atoms with van der Waals surface area (Å²) in [7, 11) is 0. The van der Waals surface area contributed by atoms with E-state index in [1.54, 1.807) is 11.3 Å². The molecule has 0 aliphatic rings. The average molecular weight is 260 g/mol. The van der Waals surface area contributed by atoms with Crippen LogP contribution < -0.4 is 5.73 Å². The summed E-state index contributed by atoms with van der Waals surface area (Å²) in [6.45, 7) is 4.28. The maximum atomic E-state index is 6.01. The Kier molecular flexibility index (Phi) is 4.50. The Hall–Kier alpha value is -1.19. The lowest BCUT2D eigenvalue weighted by molar-refractivity contribution is 0.643. The van der Waals surface area contributed by atoms with E-state index in [0.29, 0.717) is 0 Å². The van der Waals surface area contributed by atoms with Crippen molar-refractivity contribution in [2.75, 3.05) is 0 Å². The van der Waals surface area contributed by atoms with Crippen molar-refractivity contribution in [3.8, 4) is 10.4 Å². The number of thiazole rings is 1. The van der Waals surface area contributed by atoms with Crippen LogP contribution in [0.2, 0.25) is 0 Å². The van der Waals surface area contributed by atoms with Crippen molar-refractivity contribution in [1.82, 2.24) is 4.98 Å². The van der Waals surface area contributed by atoms with Crippen molar-refractivity contribution in [2.24, 2.45) is 5.73 Å². The molecular formula is C15H20N2S. The van der Waals surface area contributed by atoms with E-state index in [4.69, 9.17) is 10.7 Å². The van der Waals surface area contributed by atoms with E-state index in [-0.39, 0.29) is 6.04 Å². The smallest absolute Gasteiger partial charge is 0.0950 e. The first-order valence-corrected chi connectivity index (χ1v) is 7.35. The van der Waals surface area contributed by atoms with Gasteiger partial charge in [0.05, 0.1) is 15.6 Å². The highest BCUT2D eigenvalue weighted by atomic mass is 32.1. The fourth-order valence-electron chi connectivity index (χ4n) is 1.91. The summed E-state index contributed by atoms with van der Waals surface area (Å²) < 4.78 is 0. The molecule has 1 heterocycles. The Morgan fingerprint density at radius 1 is 1.22 bits per heavy atom. The highest BCUT2D eigenvalue weighted by molar-refractivity contribution is 7.15. The Labute approximate surface area is 113 Å². The summed E-state index contributed by atoms with van der Waals surface area (Å²) in [5, 5.41) is 1.17. The Morgan fingerprint density at radius 3 is 2.56 bits per heavy atom. The van der Waals surface area contributed by atoms with Crippen LogP contribution in [0.4, 0.5) is 0 Å². The lowest BCUT2D eigenvalue weighted by Crippen LogP contribution is -2.21. The van der Waals surface area contributed by atoms with Crippen LogP contribution in [0, 0.1) is 0 Å². The van der Waals surface area contributed by atoms with Gasteiger partial charge >= 0.3 is 0 Å². The molecule has 2 rings (SSSR count). The van der Waals surface area contributed by atoms with Crippen LogP contribution in [0.3, 0.4) is 0 Å². The first-order valence-electron chi connectivity index (χ1n) is 6.54. The maximum absolute atomic E-state index is 6.01. The number of nitrogens with two attached hydrogens (primary N) is 1. The molecule has 1 unspecified atom stereocenters. The van der Waals surface area contributed by atoms with E-state index in [0.717, 1.165) is 19.3 Å². The van der Waals surface area contributed by atoms with Gasteiger partial charge in [0, 0.05) is 12.5 Å². The van der Waals surface area contributed by atoms with Crippen LogP contribution in [-0.2, 0) is 12.8 Å². The van der Waals surface area contributed by atoms with Crippen molar-refractivity contribution in [1.29, 1.82) is 0 Å². The van der Waals surface area contributed by atoms with Gasteiger partial charge in [-0.1, -0.05) is 44.2 Å². The molecule has 0 spiro atoms. The molecule has 2 N–H and O–H groups in total. The minimum Gasteiger partial charge on any atom is -0.327 e. The van der Waals surface area contributed by atoms with Crippen LogP contribution in [0.25, 0.3) is 10.4 Å². The van der Waals surface area contributed by atoms with Gasteiger partial charge in [0.25, 0.3) is 0 Å². The van der Waals surface area contributed by atoms with Gasteiger partial charge in [-0.2, -0.15) is 0 Å². The third-order valence-corrected chi connectivity index (χ3v) is 4.24. The van der Waals surface area contributed by atoms with Crippen molar-refractivity contribution < 1.29 is 0 Å². The number of rotatable bonds is 5. The van der Waals surface area contributed by atoms with E-state index >= 15 is 0 Å². The zero-order valence-electron chi connectivity index (χ0n) is 11.0. The second-order valence-electron chi connectivity index (χ2n) is 4.48. The van der Waals surface area contributed by atoms with Gasteiger partial charge in [0.1, 0.15) is 0 Å². The topological polar surface area (TPSA) is 38.9 Å². The molecule has 0 aliphatic carbocycles. The zero-order valence-corrected chi connectivity index (χ0v) is 11.8. The van der Waals surface area contributed by atoms with Crippen molar-refractivity contribution in [2.45, 2.75) is 39.2 Å². The fraction of sp³-hybridized carbons (Fsp3) is 0.400. The summed E-state index contributed by atoms with van der Waals surface area (Å²) in [5.41, 5.74) is 8.48. The normalized spacial score (nSPS) is 12.6. The maximum Gasteiger partial charge on any atom is 0.0950 e. The largest absolute Gasteiger partial charge is 0.327 e. The van der Waals surface area contributed by atoms with E-state index in [2.05, 4.69) is 38.1 Å². The molecule has 2 nitrogen and oxygen atoms in total. The van der Waals surface area contributed by atoms with Crippen LogP contribution in [0.15, 0.2) is 30.3 Å². The van der Waals surface area contributed by atoms with Gasteiger partial charge < -0.3 is 5.73 Å². The lowest BCUT2D eigenvalue weighted by Gasteiger charge is -2.04. The molecule has 0 saturated heterocycles. The van der Waals surface area contributed by atoms with Gasteiger partial charge in [-0.05, 0) is 18.4 Å². The van der Waals surface area contributed by atoms with Gasteiger partial charge in [0.15, 0.2) is 0 Å². The quantitative estimate of drug-likeness (QED) is 0.891. The van der Waals surface area contributed by atoms with E-state index in [9.17, 15) is 0 Å². The molecule has 0 fully saturated rings. The summed E-state index contributed by atoms with van der Waals surface area (Å²) in [6.07, 6.45) is 2.87. The van der Waals surface area contributed by atoms with Crippen molar-refractivity contribution in [3.63, 3.8) is 0 Å². The molecule has 0 aliphatic heterocycles. The molecular weight excluding hydrogens is 240 g/mol. The number of aryl methyl sites for hydroxylation is 1. The number of benzene rings is 1. The van der Waals surface area contributed by atoms with Crippen molar-refractivity contribution >= 4 is 11.3 Å². The predicted octanol–water partition coefficient (Wildman–Crippen LogP) is 3.65. The predicted molar refractivity (Wildman–Crippen MR) is 78.9 cm³/mol. The highest BCUT2D eigenvalue weighted by Gasteiger charge is 2.13. The van der Waals surface area contributed by atoms with Gasteiger partial charge in [0.2, 0.25) is 0 Å². The van der Waals surface area contributed by atoms with Crippen LogP contribution in [0.1, 0.15) is 31.0 Å². The third-order valence-electron chi connectivity index (χ3n) is 3.07.